The van der Waals surface area contributed by atoms with Crippen LogP contribution in [0.4, 0.5) is 0 Å². The van der Waals surface area contributed by atoms with E-state index in [4.69, 9.17) is 21.7 Å². The first kappa shape index (κ1) is 19.0. The van der Waals surface area contributed by atoms with Gasteiger partial charge in [-0.2, -0.15) is 0 Å². The monoisotopic (exact) mass is 479 g/mol. The highest BCUT2D eigenvalue weighted by Gasteiger charge is 2.33. The fourth-order valence-corrected chi connectivity index (χ4v) is 3.84. The maximum atomic E-state index is 12.4. The largest absolute Gasteiger partial charge is 0.504 e. The Morgan fingerprint density at radius 1 is 1.50 bits per heavy atom. The van der Waals surface area contributed by atoms with Crippen molar-refractivity contribution in [3.8, 4) is 11.5 Å². The minimum Gasteiger partial charge on any atom is -0.504 e. The summed E-state index contributed by atoms with van der Waals surface area (Å²) in [6.07, 6.45) is 1.65. The summed E-state index contributed by atoms with van der Waals surface area (Å²) >= 11 is 8.25. The van der Waals surface area contributed by atoms with Crippen LogP contribution in [0, 0.1) is 3.57 Å². The van der Waals surface area contributed by atoms with Crippen molar-refractivity contribution in [1.29, 1.82) is 0 Å². The molecular weight excluding hydrogens is 465 g/mol. The van der Waals surface area contributed by atoms with E-state index in [0.717, 1.165) is 11.8 Å². The minimum atomic E-state index is -0.504. The number of thioether (sulfide) groups is 1. The van der Waals surface area contributed by atoms with E-state index in [2.05, 4.69) is 0 Å². The molecule has 24 heavy (non-hydrogen) atoms. The molecule has 1 saturated heterocycles. The number of carbonyl (C=O) groups is 2. The van der Waals surface area contributed by atoms with Crippen molar-refractivity contribution in [1.82, 2.24) is 4.90 Å². The zero-order chi connectivity index (χ0) is 17.9. The first-order chi connectivity index (χ1) is 11.4. The molecule has 0 aliphatic carbocycles. The summed E-state index contributed by atoms with van der Waals surface area (Å²) in [5.41, 5.74) is 0.686. The molecule has 1 aliphatic heterocycles. The third-order valence-electron chi connectivity index (χ3n) is 3.03. The second-order valence-corrected chi connectivity index (χ2v) is 7.46. The number of phenolic OH excluding ortho intramolecular Hbond substituents is 1. The smallest absolute Gasteiger partial charge is 0.326 e. The van der Waals surface area contributed by atoms with Crippen LogP contribution in [0.3, 0.4) is 0 Å². The second kappa shape index (κ2) is 8.17. The van der Waals surface area contributed by atoms with Gasteiger partial charge in [-0.25, -0.2) is 0 Å². The van der Waals surface area contributed by atoms with E-state index >= 15 is 0 Å². The number of hydrogen-bond acceptors (Lipinski definition) is 7. The summed E-state index contributed by atoms with van der Waals surface area (Å²) in [6, 6.07) is 3.34. The van der Waals surface area contributed by atoms with Crippen molar-refractivity contribution in [2.24, 2.45) is 0 Å². The highest BCUT2D eigenvalue weighted by molar-refractivity contribution is 14.1. The second-order valence-electron chi connectivity index (χ2n) is 4.63. The number of hydrogen-bond donors (Lipinski definition) is 1. The van der Waals surface area contributed by atoms with E-state index < -0.39 is 5.97 Å². The summed E-state index contributed by atoms with van der Waals surface area (Å²) in [7, 11) is 1.45. The van der Waals surface area contributed by atoms with Crippen molar-refractivity contribution in [2.75, 3.05) is 20.3 Å². The molecular formula is C15H14INO5S2. The molecule has 1 amide bonds. The number of thiocarbonyl (C=S) groups is 1. The van der Waals surface area contributed by atoms with Gasteiger partial charge in [-0.3, -0.25) is 14.5 Å². The zero-order valence-corrected chi connectivity index (χ0v) is 16.7. The van der Waals surface area contributed by atoms with Gasteiger partial charge in [0.25, 0.3) is 5.91 Å². The fraction of sp³-hybridized carbons (Fsp3) is 0.267. The van der Waals surface area contributed by atoms with Gasteiger partial charge in [0, 0.05) is 0 Å². The third kappa shape index (κ3) is 4.19. The Balaban J connectivity index is 2.26. The Morgan fingerprint density at radius 2 is 2.21 bits per heavy atom. The lowest BCUT2D eigenvalue weighted by Crippen LogP contribution is -2.34. The molecule has 0 aromatic heterocycles. The number of esters is 1. The number of halogens is 1. The first-order valence-electron chi connectivity index (χ1n) is 6.84. The summed E-state index contributed by atoms with van der Waals surface area (Å²) in [5, 5.41) is 9.86. The lowest BCUT2D eigenvalue weighted by atomic mass is 10.2. The topological polar surface area (TPSA) is 76.1 Å². The van der Waals surface area contributed by atoms with E-state index in [0.29, 0.717) is 24.1 Å². The molecule has 9 heteroatoms. The summed E-state index contributed by atoms with van der Waals surface area (Å²) < 4.78 is 10.9. The van der Waals surface area contributed by atoms with Crippen molar-refractivity contribution in [2.45, 2.75) is 6.92 Å². The van der Waals surface area contributed by atoms with Gasteiger partial charge >= 0.3 is 5.97 Å². The number of aromatic hydroxyl groups is 1. The van der Waals surface area contributed by atoms with Crippen molar-refractivity contribution >= 4 is 68.8 Å². The number of benzene rings is 1. The molecule has 0 spiro atoms. The van der Waals surface area contributed by atoms with Crippen LogP contribution in [0.25, 0.3) is 6.08 Å². The average molecular weight is 479 g/mol. The van der Waals surface area contributed by atoms with Gasteiger partial charge in [-0.05, 0) is 53.3 Å². The van der Waals surface area contributed by atoms with Crippen molar-refractivity contribution in [3.63, 3.8) is 0 Å². The normalized spacial score (nSPS) is 16.0. The zero-order valence-electron chi connectivity index (χ0n) is 12.9. The number of phenols is 1. The Bertz CT molecular complexity index is 735. The maximum Gasteiger partial charge on any atom is 0.326 e. The molecule has 0 atom stereocenters. The van der Waals surface area contributed by atoms with Crippen LogP contribution in [0.15, 0.2) is 17.0 Å². The average Bonchev–Trinajstić information content (AvgIpc) is 2.78. The summed E-state index contributed by atoms with van der Waals surface area (Å²) in [4.78, 5) is 25.6. The van der Waals surface area contributed by atoms with Gasteiger partial charge in [0.15, 0.2) is 11.5 Å². The molecule has 1 fully saturated rings. The van der Waals surface area contributed by atoms with Gasteiger partial charge < -0.3 is 14.6 Å². The molecule has 1 aliphatic rings. The maximum absolute atomic E-state index is 12.4. The molecule has 6 nitrogen and oxygen atoms in total. The predicted octanol–water partition coefficient (Wildman–Crippen LogP) is 2.77. The number of amides is 1. The quantitative estimate of drug-likeness (QED) is 0.301. The Hall–Kier alpha value is -1.33. The molecule has 0 unspecified atom stereocenters. The van der Waals surface area contributed by atoms with Crippen LogP contribution >= 0.6 is 46.6 Å². The summed E-state index contributed by atoms with van der Waals surface area (Å²) in [5.74, 6) is -0.490. The van der Waals surface area contributed by atoms with Gasteiger partial charge in [-0.1, -0.05) is 24.0 Å². The van der Waals surface area contributed by atoms with E-state index in [1.807, 2.05) is 22.6 Å². The van der Waals surface area contributed by atoms with Crippen LogP contribution in [-0.2, 0) is 14.3 Å². The number of rotatable bonds is 5. The third-order valence-corrected chi connectivity index (χ3v) is 5.23. The molecule has 1 heterocycles. The summed E-state index contributed by atoms with van der Waals surface area (Å²) in [6.45, 7) is 1.74. The molecule has 0 bridgehead atoms. The van der Waals surface area contributed by atoms with Crippen molar-refractivity contribution < 1.29 is 24.2 Å². The van der Waals surface area contributed by atoms with Gasteiger partial charge in [0.2, 0.25) is 0 Å². The van der Waals surface area contributed by atoms with Crippen LogP contribution in [0.5, 0.6) is 11.5 Å². The fourth-order valence-electron chi connectivity index (χ4n) is 1.96. The number of methoxy groups -OCH3 is 1. The Labute approximate surface area is 162 Å². The van der Waals surface area contributed by atoms with Crippen LogP contribution in [0.1, 0.15) is 12.5 Å². The molecule has 2 rings (SSSR count). The van der Waals surface area contributed by atoms with E-state index in [9.17, 15) is 14.7 Å². The highest BCUT2D eigenvalue weighted by atomic mass is 127. The SMILES string of the molecule is CCOC(=O)CN1C(=O)C(=Cc2cc(I)c(O)c(OC)c2)SC1=S. The minimum absolute atomic E-state index is 0.0464. The van der Waals surface area contributed by atoms with E-state index in [1.54, 1.807) is 25.1 Å². The van der Waals surface area contributed by atoms with E-state index in [1.165, 1.54) is 12.0 Å². The number of ether oxygens (including phenoxy) is 2. The van der Waals surface area contributed by atoms with Gasteiger partial charge in [-0.15, -0.1) is 0 Å². The molecule has 128 valence electrons. The Morgan fingerprint density at radius 3 is 2.83 bits per heavy atom. The van der Waals surface area contributed by atoms with Crippen LogP contribution < -0.4 is 4.74 Å². The Kier molecular flexibility index (Phi) is 6.47. The molecule has 0 radical (unpaired) electrons. The molecule has 1 aromatic carbocycles. The van der Waals surface area contributed by atoms with Crippen molar-refractivity contribution in [3.05, 3.63) is 26.2 Å². The highest BCUT2D eigenvalue weighted by Crippen LogP contribution is 2.36. The van der Waals surface area contributed by atoms with Gasteiger partial charge in [0.1, 0.15) is 10.9 Å². The standard InChI is InChI=1S/C15H14INO5S2/c1-3-22-12(18)7-17-14(20)11(24-15(17)23)6-8-4-9(16)13(19)10(5-8)21-2/h4-6,19H,3,7H2,1-2H3. The first-order valence-corrected chi connectivity index (χ1v) is 9.15. The number of nitrogens with zero attached hydrogens (tertiary/aromatic N) is 1. The predicted molar refractivity (Wildman–Crippen MR) is 104 cm³/mol. The lowest BCUT2D eigenvalue weighted by Gasteiger charge is -2.12. The lowest BCUT2D eigenvalue weighted by molar-refractivity contribution is -0.145. The number of carbonyl (C=O) groups excluding carboxylic acids is 2. The van der Waals surface area contributed by atoms with Crippen LogP contribution in [0.2, 0.25) is 0 Å². The van der Waals surface area contributed by atoms with Crippen LogP contribution in [-0.4, -0.2) is 46.5 Å². The molecule has 1 aromatic rings. The van der Waals surface area contributed by atoms with Gasteiger partial charge in [0.05, 0.1) is 22.2 Å². The molecule has 1 N–H and O–H groups in total. The molecule has 0 saturated carbocycles. The van der Waals surface area contributed by atoms with E-state index in [-0.39, 0.29) is 24.8 Å².